The molecule has 0 fully saturated rings. The van der Waals surface area contributed by atoms with Crippen LogP contribution in [0.5, 0.6) is 0 Å². The number of fused-ring (bicyclic) bond motifs is 1. The molecule has 1 amide bonds. The van der Waals surface area contributed by atoms with E-state index in [1.807, 2.05) is 0 Å². The second kappa shape index (κ2) is 7.30. The molecule has 0 radical (unpaired) electrons. The number of nitrogens with zero attached hydrogens (tertiary/aromatic N) is 1. The molecule has 3 aromatic rings. The first-order valence-electron chi connectivity index (χ1n) is 8.63. The van der Waals surface area contributed by atoms with E-state index in [4.69, 9.17) is 23.2 Å². The largest absolute Gasteiger partial charge is 0.481 e. The monoisotopic (exact) mass is 411 g/mol. The molecule has 28 heavy (non-hydrogen) atoms. The Balaban J connectivity index is 1.97. The molecule has 1 aliphatic rings. The zero-order chi connectivity index (χ0) is 19.8. The maximum Gasteiger partial charge on any atom is 0.313 e. The van der Waals surface area contributed by atoms with Crippen molar-refractivity contribution in [1.82, 2.24) is 0 Å². The summed E-state index contributed by atoms with van der Waals surface area (Å²) in [6.07, 6.45) is 0. The average Bonchev–Trinajstić information content (AvgIpc) is 2.69. The second-order valence-electron chi connectivity index (χ2n) is 6.55. The number of hydrogen-bond acceptors (Lipinski definition) is 2. The molecule has 3 aromatic carbocycles. The fraction of sp³-hybridized carbons (Fsp3) is 0.0909. The van der Waals surface area contributed by atoms with Crippen LogP contribution in [0.3, 0.4) is 0 Å². The molecular formula is C22H15Cl2NO3. The van der Waals surface area contributed by atoms with E-state index in [1.54, 1.807) is 72.8 Å². The SMILES string of the molecule is O=C(O)[C@@H]1c2ccccc2C(=O)N(c2ccc(Cl)cc2)[C@H]1c1ccc(Cl)cc1. The second-order valence-corrected chi connectivity index (χ2v) is 7.42. The van der Waals surface area contributed by atoms with Crippen molar-refractivity contribution in [2.45, 2.75) is 12.0 Å². The van der Waals surface area contributed by atoms with Crippen molar-refractivity contribution in [2.24, 2.45) is 0 Å². The molecule has 0 aliphatic carbocycles. The summed E-state index contributed by atoms with van der Waals surface area (Å²) in [4.78, 5) is 27.2. The molecule has 0 aromatic heterocycles. The molecule has 2 atom stereocenters. The van der Waals surface area contributed by atoms with Gasteiger partial charge in [0.1, 0.15) is 5.92 Å². The van der Waals surface area contributed by atoms with Crippen molar-refractivity contribution < 1.29 is 14.7 Å². The van der Waals surface area contributed by atoms with Gasteiger partial charge in [-0.25, -0.2) is 0 Å². The van der Waals surface area contributed by atoms with Crippen LogP contribution >= 0.6 is 23.2 Å². The molecule has 1 N–H and O–H groups in total. The zero-order valence-electron chi connectivity index (χ0n) is 14.5. The molecule has 0 saturated heterocycles. The van der Waals surface area contributed by atoms with Crippen molar-refractivity contribution in [3.63, 3.8) is 0 Å². The Morgan fingerprint density at radius 1 is 0.857 bits per heavy atom. The lowest BCUT2D eigenvalue weighted by atomic mass is 9.79. The van der Waals surface area contributed by atoms with Crippen LogP contribution in [0.2, 0.25) is 10.0 Å². The molecule has 0 unspecified atom stereocenters. The Kier molecular flexibility index (Phi) is 4.84. The Morgan fingerprint density at radius 2 is 1.43 bits per heavy atom. The summed E-state index contributed by atoms with van der Waals surface area (Å²) in [6, 6.07) is 19.8. The van der Waals surface area contributed by atoms with Gasteiger partial charge in [-0.2, -0.15) is 0 Å². The van der Waals surface area contributed by atoms with Gasteiger partial charge in [0.2, 0.25) is 0 Å². The molecule has 4 nitrogen and oxygen atoms in total. The fourth-order valence-corrected chi connectivity index (χ4v) is 3.94. The van der Waals surface area contributed by atoms with Crippen LogP contribution in [-0.2, 0) is 4.79 Å². The van der Waals surface area contributed by atoms with Crippen LogP contribution in [0.15, 0.2) is 72.8 Å². The lowest BCUT2D eigenvalue weighted by Crippen LogP contribution is -2.45. The van der Waals surface area contributed by atoms with Crippen LogP contribution in [-0.4, -0.2) is 17.0 Å². The van der Waals surface area contributed by atoms with Crippen LogP contribution in [0, 0.1) is 0 Å². The van der Waals surface area contributed by atoms with Crippen molar-refractivity contribution in [2.75, 3.05) is 4.90 Å². The van der Waals surface area contributed by atoms with Gasteiger partial charge in [0.25, 0.3) is 5.91 Å². The lowest BCUT2D eigenvalue weighted by Gasteiger charge is -2.40. The summed E-state index contributed by atoms with van der Waals surface area (Å²) < 4.78 is 0. The third kappa shape index (κ3) is 3.15. The Morgan fingerprint density at radius 3 is 2.04 bits per heavy atom. The van der Waals surface area contributed by atoms with Crippen molar-refractivity contribution in [3.8, 4) is 0 Å². The summed E-state index contributed by atoms with van der Waals surface area (Å²) >= 11 is 12.0. The number of carbonyl (C=O) groups excluding carboxylic acids is 1. The van der Waals surface area contributed by atoms with Gasteiger partial charge in [0, 0.05) is 21.3 Å². The van der Waals surface area contributed by atoms with Gasteiger partial charge in [-0.1, -0.05) is 53.5 Å². The van der Waals surface area contributed by atoms with Gasteiger partial charge in [-0.15, -0.1) is 0 Å². The molecule has 140 valence electrons. The minimum Gasteiger partial charge on any atom is -0.481 e. The van der Waals surface area contributed by atoms with Gasteiger partial charge in [0.15, 0.2) is 0 Å². The number of amides is 1. The topological polar surface area (TPSA) is 57.6 Å². The minimum absolute atomic E-state index is 0.254. The van der Waals surface area contributed by atoms with Crippen LogP contribution in [0.1, 0.15) is 33.4 Å². The van der Waals surface area contributed by atoms with E-state index in [9.17, 15) is 14.7 Å². The number of anilines is 1. The third-order valence-corrected chi connectivity index (χ3v) is 5.43. The normalized spacial score (nSPS) is 18.6. The molecule has 1 aliphatic heterocycles. The number of benzene rings is 3. The molecule has 4 rings (SSSR count). The van der Waals surface area contributed by atoms with Gasteiger partial charge in [0.05, 0.1) is 6.04 Å². The highest BCUT2D eigenvalue weighted by Crippen LogP contribution is 2.45. The van der Waals surface area contributed by atoms with Gasteiger partial charge in [-0.3, -0.25) is 14.5 Å². The molecule has 0 saturated carbocycles. The molecular weight excluding hydrogens is 397 g/mol. The standard InChI is InChI=1S/C22H15Cl2NO3/c23-14-7-5-13(6-8-14)20-19(22(27)28)17-3-1-2-4-18(17)21(26)25(20)16-11-9-15(24)10-12-16/h1-12,19-20H,(H,27,28)/t19-,20+/m1/s1. The smallest absolute Gasteiger partial charge is 0.313 e. The van der Waals surface area contributed by atoms with Crippen LogP contribution < -0.4 is 4.90 Å². The summed E-state index contributed by atoms with van der Waals surface area (Å²) in [5, 5.41) is 11.2. The maximum atomic E-state index is 13.4. The van der Waals surface area contributed by atoms with Crippen molar-refractivity contribution >= 4 is 40.8 Å². The van der Waals surface area contributed by atoms with Crippen LogP contribution in [0.4, 0.5) is 5.69 Å². The number of rotatable bonds is 3. The van der Waals surface area contributed by atoms with E-state index >= 15 is 0 Å². The summed E-state index contributed by atoms with van der Waals surface area (Å²) in [6.45, 7) is 0. The first-order valence-corrected chi connectivity index (χ1v) is 9.39. The highest BCUT2D eigenvalue weighted by Gasteiger charge is 2.44. The number of aliphatic carboxylic acids is 1. The zero-order valence-corrected chi connectivity index (χ0v) is 16.1. The van der Waals surface area contributed by atoms with Crippen molar-refractivity contribution in [1.29, 1.82) is 0 Å². The highest BCUT2D eigenvalue weighted by molar-refractivity contribution is 6.31. The number of hydrogen-bond donors (Lipinski definition) is 1. The Labute approximate surface area is 171 Å². The van der Waals surface area contributed by atoms with Gasteiger partial charge < -0.3 is 5.11 Å². The minimum atomic E-state index is -1.00. The lowest BCUT2D eigenvalue weighted by molar-refractivity contribution is -0.139. The first kappa shape index (κ1) is 18.5. The fourth-order valence-electron chi connectivity index (χ4n) is 3.69. The Bertz CT molecular complexity index is 1050. The van der Waals surface area contributed by atoms with Crippen LogP contribution in [0.25, 0.3) is 0 Å². The third-order valence-electron chi connectivity index (χ3n) is 4.92. The van der Waals surface area contributed by atoms with E-state index < -0.39 is 17.9 Å². The number of carboxylic acids is 1. The van der Waals surface area contributed by atoms with Crippen molar-refractivity contribution in [3.05, 3.63) is 99.5 Å². The molecule has 0 spiro atoms. The average molecular weight is 412 g/mol. The quantitative estimate of drug-likeness (QED) is 0.613. The molecule has 1 heterocycles. The summed E-state index contributed by atoms with van der Waals surface area (Å²) in [5.41, 5.74) is 2.16. The van der Waals surface area contributed by atoms with Gasteiger partial charge in [-0.05, 0) is 53.6 Å². The molecule has 6 heteroatoms. The Hall–Kier alpha value is -2.82. The van der Waals surface area contributed by atoms with E-state index in [-0.39, 0.29) is 5.91 Å². The van der Waals surface area contributed by atoms with E-state index in [1.165, 1.54) is 4.90 Å². The number of carboxylic acid groups (broad SMARTS) is 1. The summed E-state index contributed by atoms with van der Waals surface area (Å²) in [7, 11) is 0. The first-order chi connectivity index (χ1) is 13.5. The molecule has 0 bridgehead atoms. The van der Waals surface area contributed by atoms with Gasteiger partial charge >= 0.3 is 5.97 Å². The van der Waals surface area contributed by atoms with E-state index in [2.05, 4.69) is 0 Å². The predicted molar refractivity (Wildman–Crippen MR) is 109 cm³/mol. The summed E-state index contributed by atoms with van der Waals surface area (Å²) in [5.74, 6) is -2.18. The van der Waals surface area contributed by atoms with E-state index in [0.29, 0.717) is 32.4 Å². The highest BCUT2D eigenvalue weighted by atomic mass is 35.5. The number of halogens is 2. The van der Waals surface area contributed by atoms with E-state index in [0.717, 1.165) is 0 Å². The maximum absolute atomic E-state index is 13.4. The number of carbonyl (C=O) groups is 2. The predicted octanol–water partition coefficient (Wildman–Crippen LogP) is 5.56.